The van der Waals surface area contributed by atoms with Crippen molar-refractivity contribution in [2.75, 3.05) is 5.32 Å². The van der Waals surface area contributed by atoms with Crippen LogP contribution in [0, 0.1) is 6.92 Å². The van der Waals surface area contributed by atoms with Gasteiger partial charge in [0, 0.05) is 16.3 Å². The lowest BCUT2D eigenvalue weighted by Gasteiger charge is -2.10. The van der Waals surface area contributed by atoms with Crippen LogP contribution in [-0.2, 0) is 4.79 Å². The normalized spacial score (nSPS) is 10.9. The van der Waals surface area contributed by atoms with Crippen molar-refractivity contribution in [2.45, 2.75) is 6.92 Å². The molecule has 0 spiro atoms. The zero-order chi connectivity index (χ0) is 22.7. The number of carbonyl (C=O) groups excluding carboxylic acids is 2. The molecular formula is C25H17ClN3O3+. The van der Waals surface area contributed by atoms with Crippen LogP contribution < -0.4 is 5.32 Å². The average molecular weight is 443 g/mol. The van der Waals surface area contributed by atoms with E-state index < -0.39 is 0 Å². The molecule has 1 amide bonds. The summed E-state index contributed by atoms with van der Waals surface area (Å²) in [6.45, 7) is 1.80. The van der Waals surface area contributed by atoms with Gasteiger partial charge in [0.15, 0.2) is 5.69 Å². The summed E-state index contributed by atoms with van der Waals surface area (Å²) in [7, 11) is 0. The molecule has 2 N–H and O–H groups in total. The molecule has 0 aliphatic heterocycles. The van der Waals surface area contributed by atoms with Gasteiger partial charge in [0.2, 0.25) is 0 Å². The van der Waals surface area contributed by atoms with Crippen LogP contribution in [0.25, 0.3) is 10.8 Å². The minimum absolute atomic E-state index is 0.00590. The van der Waals surface area contributed by atoms with Gasteiger partial charge in [-0.25, -0.2) is 0 Å². The maximum absolute atomic E-state index is 12.4. The lowest BCUT2D eigenvalue weighted by Crippen LogP contribution is -2.12. The van der Waals surface area contributed by atoms with E-state index in [-0.39, 0.29) is 27.9 Å². The largest absolute Gasteiger partial charge is 0.446 e. The van der Waals surface area contributed by atoms with E-state index in [1.807, 2.05) is 12.1 Å². The molecular weight excluding hydrogens is 426 g/mol. The van der Waals surface area contributed by atoms with Crippen LogP contribution in [0.15, 0.2) is 83.0 Å². The summed E-state index contributed by atoms with van der Waals surface area (Å²) in [5, 5.41) is 23.3. The predicted octanol–water partition coefficient (Wildman–Crippen LogP) is 6.63. The number of nitrogens with zero attached hydrogens (tertiary/aromatic N) is 2. The van der Waals surface area contributed by atoms with Gasteiger partial charge in [-0.3, -0.25) is 4.79 Å². The van der Waals surface area contributed by atoms with Crippen molar-refractivity contribution in [3.8, 4) is 5.75 Å². The first kappa shape index (κ1) is 21.1. The molecule has 7 heteroatoms. The van der Waals surface area contributed by atoms with Crippen LogP contribution in [0.4, 0.5) is 17.1 Å². The molecule has 0 bridgehead atoms. The Labute approximate surface area is 189 Å². The maximum atomic E-state index is 12.4. The van der Waals surface area contributed by atoms with E-state index in [0.29, 0.717) is 27.9 Å². The van der Waals surface area contributed by atoms with E-state index in [4.69, 9.17) is 11.6 Å². The molecule has 156 valence electrons. The monoisotopic (exact) mass is 442 g/mol. The fourth-order valence-electron chi connectivity index (χ4n) is 3.26. The summed E-state index contributed by atoms with van der Waals surface area (Å²) in [4.78, 5) is 23.6. The van der Waals surface area contributed by atoms with Gasteiger partial charge in [0.05, 0.1) is 22.5 Å². The number of halogens is 1. The number of hydrogen-bond donors (Lipinski definition) is 2. The van der Waals surface area contributed by atoms with Crippen molar-refractivity contribution in [3.05, 3.63) is 94.5 Å². The number of fused-ring (bicyclic) bond motifs is 1. The number of azo groups is 1. The van der Waals surface area contributed by atoms with Crippen LogP contribution >= 0.6 is 11.6 Å². The molecule has 0 saturated heterocycles. The zero-order valence-electron chi connectivity index (χ0n) is 17.0. The molecule has 4 rings (SSSR count). The first-order valence-electron chi connectivity index (χ1n) is 9.69. The highest BCUT2D eigenvalue weighted by atomic mass is 35.5. The van der Waals surface area contributed by atoms with E-state index in [1.165, 1.54) is 0 Å². The van der Waals surface area contributed by atoms with Crippen LogP contribution in [0.1, 0.15) is 21.5 Å². The molecule has 0 aliphatic carbocycles. The number of hydrogen-bond acceptors (Lipinski definition) is 5. The maximum Gasteiger partial charge on any atom is 0.307 e. The minimum atomic E-state index is -0.294. The first-order chi connectivity index (χ1) is 15.5. The molecule has 32 heavy (non-hydrogen) atoms. The van der Waals surface area contributed by atoms with Gasteiger partial charge in [0.1, 0.15) is 0 Å². The lowest BCUT2D eigenvalue weighted by atomic mass is 10.0. The van der Waals surface area contributed by atoms with Gasteiger partial charge in [-0.05, 0) is 48.9 Å². The zero-order valence-corrected chi connectivity index (χ0v) is 17.7. The first-order valence-corrected chi connectivity index (χ1v) is 10.1. The third-order valence-electron chi connectivity index (χ3n) is 4.93. The van der Waals surface area contributed by atoms with Gasteiger partial charge in [-0.2, -0.15) is 0 Å². The van der Waals surface area contributed by atoms with Crippen LogP contribution in [0.2, 0.25) is 5.02 Å². The molecule has 0 unspecified atom stereocenters. The Kier molecular flexibility index (Phi) is 5.90. The number of rotatable bonds is 5. The standard InChI is InChI=1S/C25H16ClN3O3/c1-15-11-22(27-25(32)16-7-3-2-4-8-16)20(26)13-21(15)28-29-23-19-10-6-5-9-17(19)12-18(14-30)24(23)31/h2-13H,1H3,(H-,27,28,29,30,31,32)/p+1. The van der Waals surface area contributed by atoms with E-state index in [0.717, 1.165) is 5.39 Å². The average Bonchev–Trinajstić information content (AvgIpc) is 2.81. The van der Waals surface area contributed by atoms with Gasteiger partial charge in [-0.15, -0.1) is 15.0 Å². The predicted molar refractivity (Wildman–Crippen MR) is 125 cm³/mol. The molecule has 4 aromatic carbocycles. The number of nitrogens with one attached hydrogen (secondary N) is 1. The lowest BCUT2D eigenvalue weighted by molar-refractivity contribution is 0.102. The van der Waals surface area contributed by atoms with Crippen molar-refractivity contribution in [1.29, 1.82) is 0 Å². The van der Waals surface area contributed by atoms with Crippen molar-refractivity contribution in [2.24, 2.45) is 10.2 Å². The highest BCUT2D eigenvalue weighted by Gasteiger charge is 2.21. The molecule has 0 aromatic heterocycles. The van der Waals surface area contributed by atoms with E-state index in [2.05, 4.69) is 15.5 Å². The summed E-state index contributed by atoms with van der Waals surface area (Å²) in [6.07, 6.45) is 1.72. The summed E-state index contributed by atoms with van der Waals surface area (Å²) in [5.41, 5.74) is 2.30. The van der Waals surface area contributed by atoms with Gasteiger partial charge in [-0.1, -0.05) is 41.9 Å². The number of aryl methyl sites for hydroxylation is 1. The fraction of sp³-hybridized carbons (Fsp3) is 0.0400. The van der Waals surface area contributed by atoms with E-state index >= 15 is 0 Å². The summed E-state index contributed by atoms with van der Waals surface area (Å²) in [6, 6.07) is 20.8. The Bertz CT molecular complexity index is 1370. The topological polar surface area (TPSA) is 91.1 Å². The third kappa shape index (κ3) is 4.18. The van der Waals surface area contributed by atoms with Gasteiger partial charge in [0.25, 0.3) is 17.2 Å². The molecule has 0 fully saturated rings. The number of aromatic hydroxyl groups is 1. The van der Waals surface area contributed by atoms with Crippen molar-refractivity contribution in [3.63, 3.8) is 0 Å². The highest BCUT2D eigenvalue weighted by Crippen LogP contribution is 2.39. The number of amides is 1. The number of carbonyl (C=O) groups is 1. The second kappa shape index (κ2) is 8.94. The molecule has 0 atom stereocenters. The molecule has 0 aliphatic rings. The second-order valence-corrected chi connectivity index (χ2v) is 7.49. The molecule has 0 heterocycles. The number of anilines is 1. The Balaban J connectivity index is 1.68. The molecule has 0 radical (unpaired) electrons. The molecule has 4 aromatic rings. The number of phenols is 1. The second-order valence-electron chi connectivity index (χ2n) is 7.08. The SMILES string of the molecule is Cc1cc(NC(=O)c2ccccc2)c(Cl)cc1N=Nc1c(O)c([C+]=O)cc2ccccc12. The Morgan fingerprint density at radius 3 is 2.47 bits per heavy atom. The van der Waals surface area contributed by atoms with Gasteiger partial charge < -0.3 is 10.4 Å². The highest BCUT2D eigenvalue weighted by molar-refractivity contribution is 6.34. The summed E-state index contributed by atoms with van der Waals surface area (Å²) >= 11 is 6.37. The van der Waals surface area contributed by atoms with Crippen molar-refractivity contribution < 1.29 is 14.7 Å². The van der Waals surface area contributed by atoms with E-state index in [9.17, 15) is 14.7 Å². The van der Waals surface area contributed by atoms with Crippen LogP contribution in [-0.4, -0.2) is 17.3 Å². The van der Waals surface area contributed by atoms with Crippen molar-refractivity contribution >= 4 is 51.6 Å². The van der Waals surface area contributed by atoms with Crippen LogP contribution in [0.3, 0.4) is 0 Å². The number of benzene rings is 4. The summed E-state index contributed by atoms with van der Waals surface area (Å²) < 4.78 is 0. The Morgan fingerprint density at radius 1 is 1.00 bits per heavy atom. The molecule has 6 nitrogen and oxygen atoms in total. The molecule has 0 saturated carbocycles. The van der Waals surface area contributed by atoms with Crippen LogP contribution in [0.5, 0.6) is 5.75 Å². The number of phenolic OH excluding ortho intramolecular Hbond substituents is 1. The minimum Gasteiger partial charge on any atom is -0.446 e. The van der Waals surface area contributed by atoms with Gasteiger partial charge >= 0.3 is 6.29 Å². The smallest absolute Gasteiger partial charge is 0.307 e. The quantitative estimate of drug-likeness (QED) is 0.268. The van der Waals surface area contributed by atoms with Crippen molar-refractivity contribution in [1.82, 2.24) is 0 Å². The fourth-order valence-corrected chi connectivity index (χ4v) is 3.46. The third-order valence-corrected chi connectivity index (χ3v) is 5.25. The van der Waals surface area contributed by atoms with E-state index in [1.54, 1.807) is 73.9 Å². The Morgan fingerprint density at radius 2 is 1.72 bits per heavy atom. The Hall–Kier alpha value is -4.12. The summed E-state index contributed by atoms with van der Waals surface area (Å²) in [5.74, 6) is -0.572.